The maximum absolute atomic E-state index is 11.9. The first kappa shape index (κ1) is 17.5. The maximum Gasteiger partial charge on any atom is 0.225 e. The van der Waals surface area contributed by atoms with E-state index in [0.29, 0.717) is 39.8 Å². The summed E-state index contributed by atoms with van der Waals surface area (Å²) < 4.78 is 1.13. The Hall–Kier alpha value is -0.530. The average molecular weight is 408 g/mol. The molecule has 1 atom stereocenters. The van der Waals surface area contributed by atoms with Crippen LogP contribution in [0, 0.1) is 11.8 Å². The van der Waals surface area contributed by atoms with Crippen molar-refractivity contribution in [1.82, 2.24) is 9.97 Å². The van der Waals surface area contributed by atoms with Crippen LogP contribution in [0.3, 0.4) is 0 Å². The van der Waals surface area contributed by atoms with Crippen molar-refractivity contribution < 1.29 is 4.79 Å². The van der Waals surface area contributed by atoms with Crippen LogP contribution in [0.5, 0.6) is 0 Å². The largest absolute Gasteiger partial charge is 0.330 e. The van der Waals surface area contributed by atoms with Gasteiger partial charge in [0.1, 0.15) is 9.21 Å². The number of nitrogens with one attached hydrogen (secondary N) is 1. The number of carbonyl (C=O) groups is 1. The number of anilines is 1. The molecule has 0 aliphatic carbocycles. The summed E-state index contributed by atoms with van der Waals surface area (Å²) >= 11 is 6.49. The zero-order chi connectivity index (χ0) is 15.1. The molecular weight excluding hydrogens is 388 g/mol. The number of hydrogen-bond donors (Lipinski definition) is 2. The standard InChI is InChI=1S/C13H20Br2N4O/c1-8(2)9(5-6-16)3-4-11(20)19-13-12(15)18-10(14)7-17-13/h7-9H,3-6,16H2,1-2H3,(H,17,19,20). The van der Waals surface area contributed by atoms with Crippen LogP contribution in [0.25, 0.3) is 0 Å². The molecule has 7 heteroatoms. The summed E-state index contributed by atoms with van der Waals surface area (Å²) in [6.07, 6.45) is 3.80. The molecule has 0 aromatic carbocycles. The molecule has 0 radical (unpaired) electrons. The molecule has 1 aromatic heterocycles. The van der Waals surface area contributed by atoms with Gasteiger partial charge in [-0.15, -0.1) is 0 Å². The van der Waals surface area contributed by atoms with E-state index < -0.39 is 0 Å². The topological polar surface area (TPSA) is 80.9 Å². The van der Waals surface area contributed by atoms with Gasteiger partial charge in [-0.2, -0.15) is 0 Å². The van der Waals surface area contributed by atoms with Crippen LogP contribution in [-0.4, -0.2) is 22.4 Å². The summed E-state index contributed by atoms with van der Waals surface area (Å²) in [4.78, 5) is 20.2. The highest BCUT2D eigenvalue weighted by Crippen LogP contribution is 2.22. The minimum atomic E-state index is -0.0509. The van der Waals surface area contributed by atoms with Gasteiger partial charge in [0.25, 0.3) is 0 Å². The number of aromatic nitrogens is 2. The molecular formula is C13H20Br2N4O. The Morgan fingerprint density at radius 1 is 1.40 bits per heavy atom. The first-order chi connectivity index (χ1) is 9.43. The fraction of sp³-hybridized carbons (Fsp3) is 0.615. The third-order valence-corrected chi connectivity index (χ3v) is 4.12. The Morgan fingerprint density at radius 2 is 2.10 bits per heavy atom. The molecule has 0 saturated carbocycles. The molecule has 20 heavy (non-hydrogen) atoms. The Bertz CT molecular complexity index is 454. The second-order valence-electron chi connectivity index (χ2n) is 5.00. The minimum Gasteiger partial charge on any atom is -0.330 e. The second-order valence-corrected chi connectivity index (χ2v) is 6.56. The van der Waals surface area contributed by atoms with E-state index in [0.717, 1.165) is 12.8 Å². The van der Waals surface area contributed by atoms with Crippen LogP contribution < -0.4 is 11.1 Å². The third kappa shape index (κ3) is 5.85. The normalized spacial score (nSPS) is 12.5. The lowest BCUT2D eigenvalue weighted by Crippen LogP contribution is -2.19. The first-order valence-electron chi connectivity index (χ1n) is 6.62. The highest BCUT2D eigenvalue weighted by molar-refractivity contribution is 9.11. The maximum atomic E-state index is 11.9. The van der Waals surface area contributed by atoms with Gasteiger partial charge in [-0.1, -0.05) is 13.8 Å². The minimum absolute atomic E-state index is 0.0509. The average Bonchev–Trinajstić information content (AvgIpc) is 2.37. The lowest BCUT2D eigenvalue weighted by Gasteiger charge is -2.19. The van der Waals surface area contributed by atoms with Gasteiger partial charge in [0, 0.05) is 6.42 Å². The molecule has 0 bridgehead atoms. The van der Waals surface area contributed by atoms with E-state index in [-0.39, 0.29) is 5.91 Å². The van der Waals surface area contributed by atoms with Gasteiger partial charge in [-0.3, -0.25) is 4.79 Å². The third-order valence-electron chi connectivity index (χ3n) is 3.18. The lowest BCUT2D eigenvalue weighted by atomic mass is 9.88. The monoisotopic (exact) mass is 406 g/mol. The first-order valence-corrected chi connectivity index (χ1v) is 8.20. The van der Waals surface area contributed by atoms with Crippen molar-refractivity contribution >= 4 is 43.6 Å². The smallest absolute Gasteiger partial charge is 0.225 e. The quantitative estimate of drug-likeness (QED) is 0.726. The van der Waals surface area contributed by atoms with Crippen molar-refractivity contribution in [3.05, 3.63) is 15.4 Å². The highest BCUT2D eigenvalue weighted by atomic mass is 79.9. The van der Waals surface area contributed by atoms with E-state index in [4.69, 9.17) is 5.73 Å². The molecule has 1 unspecified atom stereocenters. The van der Waals surface area contributed by atoms with Gasteiger partial charge in [0.15, 0.2) is 5.82 Å². The van der Waals surface area contributed by atoms with Crippen molar-refractivity contribution in [3.63, 3.8) is 0 Å². The summed E-state index contributed by atoms with van der Waals surface area (Å²) in [6.45, 7) is 4.98. The fourth-order valence-corrected chi connectivity index (χ4v) is 2.88. The molecule has 112 valence electrons. The number of amides is 1. The molecule has 0 aliphatic rings. The molecule has 5 nitrogen and oxygen atoms in total. The summed E-state index contributed by atoms with van der Waals surface area (Å²) in [5.74, 6) is 1.40. The van der Waals surface area contributed by atoms with E-state index in [1.54, 1.807) is 6.20 Å². The van der Waals surface area contributed by atoms with Crippen LogP contribution in [0.2, 0.25) is 0 Å². The Morgan fingerprint density at radius 3 is 2.65 bits per heavy atom. The van der Waals surface area contributed by atoms with Gasteiger partial charge in [-0.05, 0) is 63.1 Å². The van der Waals surface area contributed by atoms with Gasteiger partial charge in [0.05, 0.1) is 6.20 Å². The Balaban J connectivity index is 2.51. The Labute approximate surface area is 136 Å². The number of halogens is 2. The summed E-state index contributed by atoms with van der Waals surface area (Å²) in [7, 11) is 0. The molecule has 1 amide bonds. The molecule has 3 N–H and O–H groups in total. The van der Waals surface area contributed by atoms with Gasteiger partial charge in [-0.25, -0.2) is 9.97 Å². The molecule has 1 rings (SSSR count). The van der Waals surface area contributed by atoms with Crippen LogP contribution >= 0.6 is 31.9 Å². The zero-order valence-electron chi connectivity index (χ0n) is 11.7. The predicted molar refractivity (Wildman–Crippen MR) is 87.3 cm³/mol. The van der Waals surface area contributed by atoms with E-state index in [2.05, 4.69) is 61.0 Å². The van der Waals surface area contributed by atoms with Gasteiger partial charge in [0.2, 0.25) is 5.91 Å². The van der Waals surface area contributed by atoms with Crippen LogP contribution in [0.1, 0.15) is 33.1 Å². The van der Waals surface area contributed by atoms with Crippen molar-refractivity contribution in [2.45, 2.75) is 33.1 Å². The summed E-state index contributed by atoms with van der Waals surface area (Å²) in [5.41, 5.74) is 5.60. The molecule has 0 saturated heterocycles. The van der Waals surface area contributed by atoms with Crippen LogP contribution in [0.15, 0.2) is 15.4 Å². The van der Waals surface area contributed by atoms with Crippen molar-refractivity contribution in [2.24, 2.45) is 17.6 Å². The number of hydrogen-bond acceptors (Lipinski definition) is 4. The Kier molecular flexibility index (Phi) is 7.61. The molecule has 0 fully saturated rings. The van der Waals surface area contributed by atoms with Gasteiger partial charge >= 0.3 is 0 Å². The van der Waals surface area contributed by atoms with Crippen LogP contribution in [0.4, 0.5) is 5.82 Å². The van der Waals surface area contributed by atoms with Crippen molar-refractivity contribution in [3.8, 4) is 0 Å². The number of carbonyl (C=O) groups excluding carboxylic acids is 1. The second kappa shape index (κ2) is 8.69. The van der Waals surface area contributed by atoms with E-state index in [9.17, 15) is 4.79 Å². The van der Waals surface area contributed by atoms with E-state index in [1.807, 2.05) is 0 Å². The van der Waals surface area contributed by atoms with Crippen molar-refractivity contribution in [2.75, 3.05) is 11.9 Å². The lowest BCUT2D eigenvalue weighted by molar-refractivity contribution is -0.116. The predicted octanol–water partition coefficient (Wildman–Crippen LogP) is 3.34. The highest BCUT2D eigenvalue weighted by Gasteiger charge is 2.15. The molecule has 0 spiro atoms. The van der Waals surface area contributed by atoms with Crippen molar-refractivity contribution in [1.29, 1.82) is 0 Å². The summed E-state index contributed by atoms with van der Waals surface area (Å²) in [6, 6.07) is 0. The van der Waals surface area contributed by atoms with Gasteiger partial charge < -0.3 is 11.1 Å². The SMILES string of the molecule is CC(C)C(CCN)CCC(=O)Nc1ncc(Br)nc1Br. The fourth-order valence-electron chi connectivity index (χ4n) is 1.97. The summed E-state index contributed by atoms with van der Waals surface area (Å²) in [5, 5.41) is 2.76. The molecule has 0 aliphatic heterocycles. The van der Waals surface area contributed by atoms with E-state index in [1.165, 1.54) is 0 Å². The molecule has 1 heterocycles. The molecule has 1 aromatic rings. The number of rotatable bonds is 7. The number of nitrogens with zero attached hydrogens (tertiary/aromatic N) is 2. The van der Waals surface area contributed by atoms with E-state index >= 15 is 0 Å². The zero-order valence-corrected chi connectivity index (χ0v) is 14.9. The van der Waals surface area contributed by atoms with Crippen LogP contribution in [-0.2, 0) is 4.79 Å². The number of nitrogens with two attached hydrogens (primary N) is 1.